The number of imidazole rings is 1. The lowest BCUT2D eigenvalue weighted by Gasteiger charge is -1.92. The van der Waals surface area contributed by atoms with Gasteiger partial charge in [-0.3, -0.25) is 0 Å². The van der Waals surface area contributed by atoms with Crippen molar-refractivity contribution in [3.63, 3.8) is 0 Å². The van der Waals surface area contributed by atoms with E-state index in [2.05, 4.69) is 19.9 Å². The average Bonchev–Trinajstić information content (AvgIpc) is 2.67. The van der Waals surface area contributed by atoms with Crippen LogP contribution in [0.1, 0.15) is 0 Å². The summed E-state index contributed by atoms with van der Waals surface area (Å²) < 4.78 is 0. The van der Waals surface area contributed by atoms with Crippen LogP contribution in [-0.2, 0) is 0 Å². The fourth-order valence-corrected chi connectivity index (χ4v) is 1.36. The first kappa shape index (κ1) is 8.25. The molecule has 5 heteroatoms. The van der Waals surface area contributed by atoms with Gasteiger partial charge >= 0.3 is 0 Å². The van der Waals surface area contributed by atoms with Crippen LogP contribution >= 0.6 is 11.8 Å². The normalized spacial score (nSPS) is 10.2. The molecule has 2 aromatic rings. The van der Waals surface area contributed by atoms with Crippen LogP contribution in [0.3, 0.4) is 0 Å². The molecule has 0 atom stereocenters. The molecule has 0 unspecified atom stereocenters. The Bertz CT molecular complexity index is 384. The van der Waals surface area contributed by atoms with Crippen LogP contribution in [0.25, 0.3) is 11.4 Å². The molecule has 0 spiro atoms. The van der Waals surface area contributed by atoms with Gasteiger partial charge in [-0.05, 0) is 12.3 Å². The van der Waals surface area contributed by atoms with Crippen LogP contribution in [0.15, 0.2) is 29.9 Å². The summed E-state index contributed by atoms with van der Waals surface area (Å²) in [6, 6.07) is 1.84. The minimum atomic E-state index is 0.864. The predicted molar refractivity (Wildman–Crippen MR) is 51.4 cm³/mol. The van der Waals surface area contributed by atoms with Gasteiger partial charge in [0, 0.05) is 6.20 Å². The second-order valence-electron chi connectivity index (χ2n) is 2.40. The topological polar surface area (TPSA) is 54.5 Å². The zero-order chi connectivity index (χ0) is 9.10. The molecule has 66 valence electrons. The number of hydrogen-bond acceptors (Lipinski definition) is 4. The summed E-state index contributed by atoms with van der Waals surface area (Å²) in [5, 5.41) is 0.897. The van der Waals surface area contributed by atoms with Crippen molar-refractivity contribution in [3.05, 3.63) is 24.8 Å². The summed E-state index contributed by atoms with van der Waals surface area (Å²) in [4.78, 5) is 15.3. The second-order valence-corrected chi connectivity index (χ2v) is 3.20. The highest BCUT2D eigenvalue weighted by Gasteiger charge is 2.01. The fourth-order valence-electron chi connectivity index (χ4n) is 0.987. The summed E-state index contributed by atoms with van der Waals surface area (Å²) in [7, 11) is 0. The molecule has 0 bridgehead atoms. The number of aromatic nitrogens is 4. The molecule has 2 rings (SSSR count). The highest BCUT2D eigenvalue weighted by Crippen LogP contribution is 2.16. The monoisotopic (exact) mass is 192 g/mol. The Kier molecular flexibility index (Phi) is 2.27. The smallest absolute Gasteiger partial charge is 0.165 e. The van der Waals surface area contributed by atoms with E-state index in [1.165, 1.54) is 6.33 Å². The second kappa shape index (κ2) is 3.57. The number of thioether (sulfide) groups is 1. The van der Waals surface area contributed by atoms with E-state index >= 15 is 0 Å². The Morgan fingerprint density at radius 3 is 2.92 bits per heavy atom. The van der Waals surface area contributed by atoms with Crippen molar-refractivity contribution in [2.45, 2.75) is 5.16 Å². The molecule has 0 saturated heterocycles. The van der Waals surface area contributed by atoms with Crippen LogP contribution in [0.2, 0.25) is 0 Å². The Morgan fingerprint density at radius 1 is 1.38 bits per heavy atom. The van der Waals surface area contributed by atoms with Crippen molar-refractivity contribution >= 4 is 11.8 Å². The van der Waals surface area contributed by atoms with Crippen LogP contribution < -0.4 is 0 Å². The van der Waals surface area contributed by atoms with Gasteiger partial charge < -0.3 is 4.98 Å². The van der Waals surface area contributed by atoms with Crippen LogP contribution in [-0.4, -0.2) is 26.2 Å². The maximum atomic E-state index is 4.16. The van der Waals surface area contributed by atoms with Gasteiger partial charge in [-0.25, -0.2) is 15.0 Å². The number of H-pyrrole nitrogens is 1. The molecule has 4 nitrogen and oxygen atoms in total. The SMILES string of the molecule is CSc1ncc(-c2ccncn2)[nH]1. The number of nitrogens with one attached hydrogen (secondary N) is 1. The minimum absolute atomic E-state index is 0.864. The highest BCUT2D eigenvalue weighted by atomic mass is 32.2. The van der Waals surface area contributed by atoms with Crippen LogP contribution in [0.4, 0.5) is 0 Å². The Balaban J connectivity index is 2.36. The average molecular weight is 192 g/mol. The molecule has 0 aromatic carbocycles. The van der Waals surface area contributed by atoms with Gasteiger partial charge in [0.05, 0.1) is 17.6 Å². The van der Waals surface area contributed by atoms with Gasteiger partial charge in [-0.2, -0.15) is 0 Å². The zero-order valence-electron chi connectivity index (χ0n) is 7.06. The molecule has 2 aromatic heterocycles. The van der Waals surface area contributed by atoms with Crippen molar-refractivity contribution in [1.29, 1.82) is 0 Å². The minimum Gasteiger partial charge on any atom is -0.332 e. The van der Waals surface area contributed by atoms with E-state index in [9.17, 15) is 0 Å². The molecule has 0 fully saturated rings. The molecule has 13 heavy (non-hydrogen) atoms. The fraction of sp³-hybridized carbons (Fsp3) is 0.125. The molecule has 0 amide bonds. The van der Waals surface area contributed by atoms with Crippen LogP contribution in [0.5, 0.6) is 0 Å². The van der Waals surface area contributed by atoms with Gasteiger partial charge in [-0.1, -0.05) is 11.8 Å². The van der Waals surface area contributed by atoms with Gasteiger partial charge in [-0.15, -0.1) is 0 Å². The molecule has 0 aliphatic carbocycles. The first-order valence-electron chi connectivity index (χ1n) is 3.75. The summed E-state index contributed by atoms with van der Waals surface area (Å²) in [6.07, 6.45) is 6.98. The number of hydrogen-bond donors (Lipinski definition) is 1. The van der Waals surface area contributed by atoms with E-state index in [4.69, 9.17) is 0 Å². The van der Waals surface area contributed by atoms with Gasteiger partial charge in [0.2, 0.25) is 0 Å². The van der Waals surface area contributed by atoms with Gasteiger partial charge in [0.1, 0.15) is 6.33 Å². The molecule has 0 aliphatic rings. The Hall–Kier alpha value is -1.36. The first-order valence-corrected chi connectivity index (χ1v) is 4.98. The quantitative estimate of drug-likeness (QED) is 0.734. The molecule has 2 heterocycles. The van der Waals surface area contributed by atoms with E-state index in [1.54, 1.807) is 24.2 Å². The predicted octanol–water partition coefficient (Wildman–Crippen LogP) is 1.59. The maximum Gasteiger partial charge on any atom is 0.165 e. The summed E-state index contributed by atoms with van der Waals surface area (Å²) in [5.41, 5.74) is 1.79. The standard InChI is InChI=1S/C8H8N4S/c1-13-8-10-4-7(12-8)6-2-3-9-5-11-6/h2-5H,1H3,(H,10,12). The zero-order valence-corrected chi connectivity index (χ0v) is 7.88. The third-order valence-electron chi connectivity index (χ3n) is 1.60. The lowest BCUT2D eigenvalue weighted by atomic mass is 10.3. The van der Waals surface area contributed by atoms with Gasteiger partial charge in [0.25, 0.3) is 0 Å². The molecule has 0 saturated carbocycles. The molecule has 0 radical (unpaired) electrons. The number of aromatic amines is 1. The van der Waals surface area contributed by atoms with E-state index in [-0.39, 0.29) is 0 Å². The first-order chi connectivity index (χ1) is 6.40. The van der Waals surface area contributed by atoms with E-state index in [1.807, 2.05) is 12.3 Å². The molecule has 1 N–H and O–H groups in total. The summed E-state index contributed by atoms with van der Waals surface area (Å²) in [5.74, 6) is 0. The summed E-state index contributed by atoms with van der Waals surface area (Å²) in [6.45, 7) is 0. The lowest BCUT2D eigenvalue weighted by molar-refractivity contribution is 1.06. The third kappa shape index (κ3) is 1.70. The van der Waals surface area contributed by atoms with Crippen molar-refractivity contribution in [2.75, 3.05) is 6.26 Å². The Morgan fingerprint density at radius 2 is 2.31 bits per heavy atom. The molecular weight excluding hydrogens is 184 g/mol. The van der Waals surface area contributed by atoms with Gasteiger partial charge in [0.15, 0.2) is 5.16 Å². The number of rotatable bonds is 2. The number of nitrogens with zero attached hydrogens (tertiary/aromatic N) is 3. The van der Waals surface area contributed by atoms with E-state index in [0.29, 0.717) is 0 Å². The van der Waals surface area contributed by atoms with Crippen molar-refractivity contribution in [1.82, 2.24) is 19.9 Å². The largest absolute Gasteiger partial charge is 0.332 e. The molecular formula is C8H8N4S. The summed E-state index contributed by atoms with van der Waals surface area (Å²) >= 11 is 1.57. The Labute approximate surface area is 79.8 Å². The molecule has 0 aliphatic heterocycles. The van der Waals surface area contributed by atoms with Crippen LogP contribution in [0, 0.1) is 0 Å². The van der Waals surface area contributed by atoms with Crippen molar-refractivity contribution < 1.29 is 0 Å². The van der Waals surface area contributed by atoms with E-state index in [0.717, 1.165) is 16.5 Å². The van der Waals surface area contributed by atoms with Crippen molar-refractivity contribution in [2.24, 2.45) is 0 Å². The third-order valence-corrected chi connectivity index (χ3v) is 2.20. The van der Waals surface area contributed by atoms with Crippen molar-refractivity contribution in [3.8, 4) is 11.4 Å². The highest BCUT2D eigenvalue weighted by molar-refractivity contribution is 7.98. The maximum absolute atomic E-state index is 4.16. The van der Waals surface area contributed by atoms with E-state index < -0.39 is 0 Å². The lowest BCUT2D eigenvalue weighted by Crippen LogP contribution is -1.83.